The summed E-state index contributed by atoms with van der Waals surface area (Å²) in [5.41, 5.74) is 6.17. The largest absolute Gasteiger partial charge is 0.331 e. The van der Waals surface area contributed by atoms with Gasteiger partial charge >= 0.3 is 0 Å². The molecule has 1 aromatic heterocycles. The second-order valence-corrected chi connectivity index (χ2v) is 5.87. The van der Waals surface area contributed by atoms with Gasteiger partial charge in [0.25, 0.3) is 0 Å². The molecule has 0 saturated carbocycles. The van der Waals surface area contributed by atoms with Gasteiger partial charge in [0, 0.05) is 17.9 Å². The molecule has 0 aliphatic carbocycles. The van der Waals surface area contributed by atoms with Gasteiger partial charge in [-0.15, -0.1) is 0 Å². The van der Waals surface area contributed by atoms with Crippen LogP contribution in [0.3, 0.4) is 0 Å². The Morgan fingerprint density at radius 3 is 2.62 bits per heavy atom. The van der Waals surface area contributed by atoms with Crippen molar-refractivity contribution in [1.82, 2.24) is 15.0 Å². The molecule has 0 spiro atoms. The van der Waals surface area contributed by atoms with Crippen LogP contribution in [0.25, 0.3) is 11.0 Å². The minimum atomic E-state index is 0.0103. The van der Waals surface area contributed by atoms with Gasteiger partial charge in [-0.1, -0.05) is 46.3 Å². The van der Waals surface area contributed by atoms with Crippen molar-refractivity contribution in [2.45, 2.75) is 12.5 Å². The van der Waals surface area contributed by atoms with E-state index >= 15 is 0 Å². The number of hydrogen-bond acceptors (Lipinski definition) is 3. The Balaban J connectivity index is 1.96. The molecular formula is C16H17BrN4. The number of nitrogens with two attached hydrogens (primary N) is 1. The average molecular weight is 345 g/mol. The number of imidazole rings is 1. The molecular weight excluding hydrogens is 328 g/mol. The number of para-hydroxylation sites is 2. The normalized spacial score (nSPS) is 12.7. The van der Waals surface area contributed by atoms with Crippen LogP contribution in [0, 0.1) is 0 Å². The first-order chi connectivity index (χ1) is 10.2. The Morgan fingerprint density at radius 1 is 1.19 bits per heavy atom. The predicted octanol–water partition coefficient (Wildman–Crippen LogP) is 3.08. The molecule has 0 aliphatic rings. The van der Waals surface area contributed by atoms with E-state index in [0.29, 0.717) is 0 Å². The van der Waals surface area contributed by atoms with E-state index in [-0.39, 0.29) is 6.04 Å². The van der Waals surface area contributed by atoms with Crippen LogP contribution in [-0.4, -0.2) is 9.55 Å². The zero-order valence-electron chi connectivity index (χ0n) is 11.8. The fourth-order valence-corrected chi connectivity index (χ4v) is 3.14. The first-order valence-electron chi connectivity index (χ1n) is 6.81. The maximum absolute atomic E-state index is 5.76. The molecule has 0 radical (unpaired) electrons. The molecule has 21 heavy (non-hydrogen) atoms. The quantitative estimate of drug-likeness (QED) is 0.564. The molecule has 1 atom stereocenters. The van der Waals surface area contributed by atoms with Crippen LogP contribution in [0.5, 0.6) is 0 Å². The van der Waals surface area contributed by atoms with Crippen LogP contribution in [0.15, 0.2) is 53.0 Å². The van der Waals surface area contributed by atoms with E-state index in [1.807, 2.05) is 43.4 Å². The highest BCUT2D eigenvalue weighted by molar-refractivity contribution is 9.10. The van der Waals surface area contributed by atoms with Gasteiger partial charge in [-0.25, -0.2) is 4.98 Å². The van der Waals surface area contributed by atoms with E-state index in [9.17, 15) is 0 Å². The number of fused-ring (bicyclic) bond motifs is 1. The SMILES string of the molecule is Cn1c(CC(NN)c2ccccc2Br)nc2ccccc21. The van der Waals surface area contributed by atoms with E-state index in [1.54, 1.807) is 0 Å². The summed E-state index contributed by atoms with van der Waals surface area (Å²) in [5, 5.41) is 0. The number of aryl methyl sites for hydroxylation is 1. The van der Waals surface area contributed by atoms with Crippen molar-refractivity contribution in [2.24, 2.45) is 12.9 Å². The first-order valence-corrected chi connectivity index (χ1v) is 7.61. The minimum Gasteiger partial charge on any atom is -0.331 e. The molecule has 0 amide bonds. The molecule has 0 fully saturated rings. The molecule has 1 heterocycles. The van der Waals surface area contributed by atoms with Gasteiger partial charge in [0.15, 0.2) is 0 Å². The summed E-state index contributed by atoms with van der Waals surface area (Å²) in [7, 11) is 2.04. The summed E-state index contributed by atoms with van der Waals surface area (Å²) in [5.74, 6) is 6.77. The third kappa shape index (κ3) is 2.72. The number of halogens is 1. The summed E-state index contributed by atoms with van der Waals surface area (Å²) < 4.78 is 3.17. The molecule has 1 unspecified atom stereocenters. The Labute approximate surface area is 132 Å². The average Bonchev–Trinajstić information content (AvgIpc) is 2.82. The fraction of sp³-hybridized carbons (Fsp3) is 0.188. The van der Waals surface area contributed by atoms with Gasteiger partial charge in [0.2, 0.25) is 0 Å². The fourth-order valence-electron chi connectivity index (χ4n) is 2.58. The summed E-state index contributed by atoms with van der Waals surface area (Å²) in [6.07, 6.45) is 0.726. The zero-order chi connectivity index (χ0) is 14.8. The summed E-state index contributed by atoms with van der Waals surface area (Å²) in [4.78, 5) is 4.71. The van der Waals surface area contributed by atoms with Crippen LogP contribution in [-0.2, 0) is 13.5 Å². The molecule has 3 aromatic rings. The van der Waals surface area contributed by atoms with Crippen molar-refractivity contribution in [3.8, 4) is 0 Å². The lowest BCUT2D eigenvalue weighted by molar-refractivity contribution is 0.530. The standard InChI is InChI=1S/C16H17BrN4/c1-21-15-9-5-4-8-13(15)19-16(21)10-14(20-18)11-6-2-3-7-12(11)17/h2-9,14,20H,10,18H2,1H3. The number of hydrazine groups is 1. The van der Waals surface area contributed by atoms with Crippen molar-refractivity contribution in [3.05, 3.63) is 64.4 Å². The van der Waals surface area contributed by atoms with Crippen LogP contribution >= 0.6 is 15.9 Å². The number of benzene rings is 2. The molecule has 108 valence electrons. The lowest BCUT2D eigenvalue weighted by atomic mass is 10.0. The van der Waals surface area contributed by atoms with E-state index in [0.717, 1.165) is 33.3 Å². The van der Waals surface area contributed by atoms with E-state index in [2.05, 4.69) is 38.1 Å². The van der Waals surface area contributed by atoms with Gasteiger partial charge in [-0.3, -0.25) is 11.3 Å². The second kappa shape index (κ2) is 5.97. The van der Waals surface area contributed by atoms with E-state index in [1.165, 1.54) is 0 Å². The monoisotopic (exact) mass is 344 g/mol. The predicted molar refractivity (Wildman–Crippen MR) is 88.6 cm³/mol. The van der Waals surface area contributed by atoms with Crippen molar-refractivity contribution >= 4 is 27.0 Å². The number of hydrogen-bond donors (Lipinski definition) is 2. The molecule has 3 N–H and O–H groups in total. The minimum absolute atomic E-state index is 0.0103. The zero-order valence-corrected chi connectivity index (χ0v) is 13.3. The van der Waals surface area contributed by atoms with Crippen LogP contribution in [0.2, 0.25) is 0 Å². The van der Waals surface area contributed by atoms with Crippen molar-refractivity contribution < 1.29 is 0 Å². The lowest BCUT2D eigenvalue weighted by Gasteiger charge is -2.17. The molecule has 2 aromatic carbocycles. The smallest absolute Gasteiger partial charge is 0.111 e. The molecule has 0 aliphatic heterocycles. The van der Waals surface area contributed by atoms with Gasteiger partial charge < -0.3 is 4.57 Å². The van der Waals surface area contributed by atoms with Crippen LogP contribution < -0.4 is 11.3 Å². The molecule has 3 rings (SSSR count). The molecule has 4 nitrogen and oxygen atoms in total. The highest BCUT2D eigenvalue weighted by Crippen LogP contribution is 2.26. The lowest BCUT2D eigenvalue weighted by Crippen LogP contribution is -2.30. The number of nitrogens with one attached hydrogen (secondary N) is 1. The Morgan fingerprint density at radius 2 is 1.90 bits per heavy atom. The van der Waals surface area contributed by atoms with Crippen molar-refractivity contribution in [3.63, 3.8) is 0 Å². The number of rotatable bonds is 4. The first kappa shape index (κ1) is 14.3. The van der Waals surface area contributed by atoms with Crippen molar-refractivity contribution in [1.29, 1.82) is 0 Å². The number of nitrogens with zero attached hydrogens (tertiary/aromatic N) is 2. The summed E-state index contributed by atoms with van der Waals surface area (Å²) in [6.45, 7) is 0. The summed E-state index contributed by atoms with van der Waals surface area (Å²) >= 11 is 3.58. The second-order valence-electron chi connectivity index (χ2n) is 5.02. The van der Waals surface area contributed by atoms with Crippen LogP contribution in [0.4, 0.5) is 0 Å². The summed E-state index contributed by atoms with van der Waals surface area (Å²) in [6, 6.07) is 16.3. The Bertz CT molecular complexity index is 766. The Hall–Kier alpha value is -1.69. The van der Waals surface area contributed by atoms with Crippen LogP contribution in [0.1, 0.15) is 17.4 Å². The van der Waals surface area contributed by atoms with Gasteiger partial charge in [-0.05, 0) is 23.8 Å². The third-order valence-electron chi connectivity index (χ3n) is 3.75. The topological polar surface area (TPSA) is 55.9 Å². The van der Waals surface area contributed by atoms with Gasteiger partial charge in [0.1, 0.15) is 5.82 Å². The van der Waals surface area contributed by atoms with Crippen molar-refractivity contribution in [2.75, 3.05) is 0 Å². The van der Waals surface area contributed by atoms with E-state index in [4.69, 9.17) is 10.8 Å². The Kier molecular flexibility index (Phi) is 4.05. The molecule has 0 bridgehead atoms. The maximum Gasteiger partial charge on any atom is 0.111 e. The van der Waals surface area contributed by atoms with Gasteiger partial charge in [0.05, 0.1) is 17.1 Å². The third-order valence-corrected chi connectivity index (χ3v) is 4.47. The maximum atomic E-state index is 5.76. The molecule has 5 heteroatoms. The van der Waals surface area contributed by atoms with E-state index < -0.39 is 0 Å². The molecule has 0 saturated heterocycles. The van der Waals surface area contributed by atoms with Gasteiger partial charge in [-0.2, -0.15) is 0 Å². The highest BCUT2D eigenvalue weighted by atomic mass is 79.9. The number of aromatic nitrogens is 2. The highest BCUT2D eigenvalue weighted by Gasteiger charge is 2.17.